The van der Waals surface area contributed by atoms with Crippen LogP contribution in [0.5, 0.6) is 5.75 Å². The second-order valence-electron chi connectivity index (χ2n) is 4.45. The molecule has 8 heteroatoms. The topological polar surface area (TPSA) is 38.8 Å². The molecule has 21 heavy (non-hydrogen) atoms. The van der Waals surface area contributed by atoms with Crippen LogP contribution in [0.2, 0.25) is 0 Å². The van der Waals surface area contributed by atoms with Crippen molar-refractivity contribution in [2.75, 3.05) is 32.9 Å². The van der Waals surface area contributed by atoms with Crippen LogP contribution in [0.3, 0.4) is 0 Å². The normalized spacial score (nSPS) is 15.9. The number of halogens is 4. The first kappa shape index (κ1) is 16.3. The Labute approximate surface area is 133 Å². The molecule has 1 aliphatic rings. The van der Waals surface area contributed by atoms with Crippen molar-refractivity contribution in [1.29, 1.82) is 0 Å². The van der Waals surface area contributed by atoms with E-state index in [0.29, 0.717) is 35.4 Å². The van der Waals surface area contributed by atoms with Crippen molar-refractivity contribution in [2.24, 2.45) is 0 Å². The molecule has 0 saturated carbocycles. The summed E-state index contributed by atoms with van der Waals surface area (Å²) in [5.41, 5.74) is 0.431. The molecule has 0 spiro atoms. The fourth-order valence-corrected chi connectivity index (χ4v) is 2.53. The van der Waals surface area contributed by atoms with E-state index < -0.39 is 12.8 Å². The minimum Gasteiger partial charge on any atom is -0.483 e. The van der Waals surface area contributed by atoms with E-state index in [-0.39, 0.29) is 11.7 Å². The summed E-state index contributed by atoms with van der Waals surface area (Å²) in [5, 5.41) is 0. The van der Waals surface area contributed by atoms with Crippen LogP contribution >= 0.6 is 22.6 Å². The number of alkyl halides is 3. The van der Waals surface area contributed by atoms with Gasteiger partial charge in [-0.25, -0.2) is 0 Å². The smallest absolute Gasteiger partial charge is 0.422 e. The van der Waals surface area contributed by atoms with Crippen molar-refractivity contribution in [3.8, 4) is 5.75 Å². The van der Waals surface area contributed by atoms with Gasteiger partial charge in [-0.3, -0.25) is 4.79 Å². The van der Waals surface area contributed by atoms with Crippen LogP contribution in [0.25, 0.3) is 0 Å². The number of rotatable bonds is 3. The number of hydrogen-bond acceptors (Lipinski definition) is 3. The molecule has 0 bridgehead atoms. The summed E-state index contributed by atoms with van der Waals surface area (Å²) in [6, 6.07) is 4.40. The molecule has 4 nitrogen and oxygen atoms in total. The average molecular weight is 415 g/mol. The van der Waals surface area contributed by atoms with Crippen LogP contribution in [0.1, 0.15) is 10.4 Å². The predicted molar refractivity (Wildman–Crippen MR) is 77.4 cm³/mol. The molecule has 1 aromatic carbocycles. The minimum atomic E-state index is -4.38. The molecular formula is C13H13F3INO3. The maximum atomic E-state index is 12.2. The highest BCUT2D eigenvalue weighted by Gasteiger charge is 2.29. The first-order valence-corrected chi connectivity index (χ1v) is 7.31. The SMILES string of the molecule is O=C(c1ccc(OCC(F)(F)F)c(I)c1)N1CCOCC1. The van der Waals surface area contributed by atoms with Crippen LogP contribution in [0.4, 0.5) is 13.2 Å². The Balaban J connectivity index is 2.05. The summed E-state index contributed by atoms with van der Waals surface area (Å²) >= 11 is 1.85. The quantitative estimate of drug-likeness (QED) is 0.713. The molecule has 1 amide bonds. The van der Waals surface area contributed by atoms with Crippen molar-refractivity contribution in [2.45, 2.75) is 6.18 Å². The number of hydrogen-bond donors (Lipinski definition) is 0. The molecular weight excluding hydrogens is 402 g/mol. The van der Waals surface area contributed by atoms with Crippen LogP contribution in [-0.4, -0.2) is 49.9 Å². The van der Waals surface area contributed by atoms with Crippen molar-refractivity contribution < 1.29 is 27.4 Å². The summed E-state index contributed by atoms with van der Waals surface area (Å²) < 4.78 is 46.7. The van der Waals surface area contributed by atoms with Gasteiger partial charge in [0.25, 0.3) is 5.91 Å². The van der Waals surface area contributed by atoms with Crippen LogP contribution in [0.15, 0.2) is 18.2 Å². The number of carbonyl (C=O) groups excluding carboxylic acids is 1. The van der Waals surface area contributed by atoms with Crippen molar-refractivity contribution in [1.82, 2.24) is 4.90 Å². The maximum Gasteiger partial charge on any atom is 0.422 e. The van der Waals surface area contributed by atoms with Gasteiger partial charge in [0.1, 0.15) is 5.75 Å². The van der Waals surface area contributed by atoms with E-state index in [0.717, 1.165) is 0 Å². The van der Waals surface area contributed by atoms with E-state index in [1.807, 2.05) is 22.6 Å². The summed E-state index contributed by atoms with van der Waals surface area (Å²) in [5.74, 6) is -0.0370. The number of amides is 1. The molecule has 1 fully saturated rings. The van der Waals surface area contributed by atoms with Gasteiger partial charge in [-0.1, -0.05) is 0 Å². The lowest BCUT2D eigenvalue weighted by Gasteiger charge is -2.27. The van der Waals surface area contributed by atoms with E-state index in [4.69, 9.17) is 9.47 Å². The largest absolute Gasteiger partial charge is 0.483 e. The van der Waals surface area contributed by atoms with Crippen molar-refractivity contribution in [3.63, 3.8) is 0 Å². The third-order valence-electron chi connectivity index (χ3n) is 2.87. The zero-order valence-corrected chi connectivity index (χ0v) is 13.1. The molecule has 2 rings (SSSR count). The second kappa shape index (κ2) is 6.82. The van der Waals surface area contributed by atoms with Gasteiger partial charge in [-0.15, -0.1) is 0 Å². The molecule has 0 N–H and O–H groups in total. The van der Waals surface area contributed by atoms with E-state index in [1.54, 1.807) is 4.90 Å². The fraction of sp³-hybridized carbons (Fsp3) is 0.462. The first-order chi connectivity index (χ1) is 9.87. The van der Waals surface area contributed by atoms with E-state index >= 15 is 0 Å². The lowest BCUT2D eigenvalue weighted by atomic mass is 10.2. The first-order valence-electron chi connectivity index (χ1n) is 6.23. The van der Waals surface area contributed by atoms with Gasteiger partial charge < -0.3 is 14.4 Å². The zero-order chi connectivity index (χ0) is 15.5. The Morgan fingerprint density at radius 2 is 2.00 bits per heavy atom. The molecule has 0 atom stereocenters. The van der Waals surface area contributed by atoms with Gasteiger partial charge in [-0.2, -0.15) is 13.2 Å². The highest BCUT2D eigenvalue weighted by Crippen LogP contribution is 2.25. The van der Waals surface area contributed by atoms with Gasteiger partial charge in [0.2, 0.25) is 0 Å². The number of nitrogens with zero attached hydrogens (tertiary/aromatic N) is 1. The summed E-state index contributed by atoms with van der Waals surface area (Å²) in [4.78, 5) is 13.9. The highest BCUT2D eigenvalue weighted by molar-refractivity contribution is 14.1. The van der Waals surface area contributed by atoms with E-state index in [2.05, 4.69) is 0 Å². The molecule has 0 aliphatic carbocycles. The molecule has 1 saturated heterocycles. The van der Waals surface area contributed by atoms with Crippen LogP contribution in [-0.2, 0) is 4.74 Å². The standard InChI is InChI=1S/C13H13F3INO3/c14-13(15,16)8-21-11-2-1-9(7-10(11)17)12(19)18-3-5-20-6-4-18/h1-2,7H,3-6,8H2. The van der Waals surface area contributed by atoms with Gasteiger partial charge in [0, 0.05) is 18.7 Å². The predicted octanol–water partition coefficient (Wildman–Crippen LogP) is 2.70. The monoisotopic (exact) mass is 415 g/mol. The third-order valence-corrected chi connectivity index (χ3v) is 3.71. The summed E-state index contributed by atoms with van der Waals surface area (Å²) in [6.07, 6.45) is -4.38. The number of morpholine rings is 1. The molecule has 0 aromatic heterocycles. The molecule has 1 aromatic rings. The maximum absolute atomic E-state index is 12.2. The van der Waals surface area contributed by atoms with Gasteiger partial charge in [0.05, 0.1) is 16.8 Å². The summed E-state index contributed by atoms with van der Waals surface area (Å²) in [6.45, 7) is 0.675. The lowest BCUT2D eigenvalue weighted by molar-refractivity contribution is -0.153. The van der Waals surface area contributed by atoms with Crippen LogP contribution in [0, 0.1) is 3.57 Å². The molecule has 0 unspecified atom stereocenters. The third kappa shape index (κ3) is 4.73. The van der Waals surface area contributed by atoms with Gasteiger partial charge in [0.15, 0.2) is 6.61 Å². The molecule has 1 heterocycles. The molecule has 116 valence electrons. The number of ether oxygens (including phenoxy) is 2. The van der Waals surface area contributed by atoms with Crippen molar-refractivity contribution >= 4 is 28.5 Å². The lowest BCUT2D eigenvalue weighted by Crippen LogP contribution is -2.40. The average Bonchev–Trinajstić information content (AvgIpc) is 2.45. The van der Waals surface area contributed by atoms with Crippen LogP contribution < -0.4 is 4.74 Å². The second-order valence-corrected chi connectivity index (χ2v) is 5.62. The summed E-state index contributed by atoms with van der Waals surface area (Å²) in [7, 11) is 0. The van der Waals surface area contributed by atoms with E-state index in [1.165, 1.54) is 18.2 Å². The van der Waals surface area contributed by atoms with Crippen molar-refractivity contribution in [3.05, 3.63) is 27.3 Å². The van der Waals surface area contributed by atoms with Gasteiger partial charge in [-0.05, 0) is 40.8 Å². The molecule has 1 aliphatic heterocycles. The van der Waals surface area contributed by atoms with Gasteiger partial charge >= 0.3 is 6.18 Å². The Kier molecular flexibility index (Phi) is 5.31. The Hall–Kier alpha value is -1.03. The molecule has 0 radical (unpaired) electrons. The zero-order valence-electron chi connectivity index (χ0n) is 11.0. The Morgan fingerprint density at radius 1 is 1.33 bits per heavy atom. The highest BCUT2D eigenvalue weighted by atomic mass is 127. The Bertz CT molecular complexity index is 516. The number of carbonyl (C=O) groups is 1. The minimum absolute atomic E-state index is 0.117. The fourth-order valence-electron chi connectivity index (χ4n) is 1.86. The van der Waals surface area contributed by atoms with E-state index in [9.17, 15) is 18.0 Å². The number of benzene rings is 1. The Morgan fingerprint density at radius 3 is 2.57 bits per heavy atom.